The van der Waals surface area contributed by atoms with Crippen molar-refractivity contribution >= 4 is 27.5 Å². The predicted molar refractivity (Wildman–Crippen MR) is 98.8 cm³/mol. The van der Waals surface area contributed by atoms with E-state index < -0.39 is 16.1 Å². The summed E-state index contributed by atoms with van der Waals surface area (Å²) in [5.41, 5.74) is 1.65. The number of ether oxygens (including phenoxy) is 1. The van der Waals surface area contributed by atoms with Crippen LogP contribution in [0, 0.1) is 6.92 Å². The number of methoxy groups -OCH3 is 1. The molecule has 1 N–H and O–H groups in total. The average Bonchev–Trinajstić information content (AvgIpc) is 2.62. The molecule has 1 atom stereocenters. The van der Waals surface area contributed by atoms with Crippen molar-refractivity contribution < 1.29 is 17.9 Å². The van der Waals surface area contributed by atoms with Gasteiger partial charge in [0.25, 0.3) is 0 Å². The zero-order valence-electron chi connectivity index (χ0n) is 14.4. The van der Waals surface area contributed by atoms with E-state index in [4.69, 9.17) is 16.3 Å². The number of benzene rings is 2. The lowest BCUT2D eigenvalue weighted by Gasteiger charge is -2.34. The molecule has 2 aromatic carbocycles. The fraction of sp³-hybridized carbons (Fsp3) is 0.278. The SMILES string of the molecule is COc1ccc(S(=O)(=O)N2CCNC(=O)C2c2ccc(C)cc2)cc1Cl. The Hall–Kier alpha value is -2.09. The van der Waals surface area contributed by atoms with Crippen LogP contribution in [0.3, 0.4) is 0 Å². The van der Waals surface area contributed by atoms with Crippen molar-refractivity contribution in [2.75, 3.05) is 20.2 Å². The second-order valence-electron chi connectivity index (χ2n) is 6.02. The number of nitrogens with one attached hydrogen (secondary N) is 1. The molecule has 0 spiro atoms. The molecule has 8 heteroatoms. The molecule has 0 aliphatic carbocycles. The zero-order valence-corrected chi connectivity index (χ0v) is 16.0. The summed E-state index contributed by atoms with van der Waals surface area (Å²) in [5.74, 6) is 0.0420. The van der Waals surface area contributed by atoms with E-state index in [9.17, 15) is 13.2 Å². The first-order valence-electron chi connectivity index (χ1n) is 8.04. The molecule has 26 heavy (non-hydrogen) atoms. The molecule has 1 fully saturated rings. The highest BCUT2D eigenvalue weighted by molar-refractivity contribution is 7.89. The molecule has 0 aromatic heterocycles. The number of rotatable bonds is 4. The fourth-order valence-electron chi connectivity index (χ4n) is 2.91. The summed E-state index contributed by atoms with van der Waals surface area (Å²) in [6, 6.07) is 10.6. The highest BCUT2D eigenvalue weighted by atomic mass is 35.5. The van der Waals surface area contributed by atoms with E-state index in [1.54, 1.807) is 12.1 Å². The molecule has 138 valence electrons. The Morgan fingerprint density at radius 3 is 2.50 bits per heavy atom. The third kappa shape index (κ3) is 3.42. The van der Waals surface area contributed by atoms with Gasteiger partial charge in [-0.2, -0.15) is 4.31 Å². The van der Waals surface area contributed by atoms with Crippen LogP contribution in [0.15, 0.2) is 47.4 Å². The van der Waals surface area contributed by atoms with Crippen molar-refractivity contribution in [1.29, 1.82) is 0 Å². The monoisotopic (exact) mass is 394 g/mol. The van der Waals surface area contributed by atoms with E-state index in [1.165, 1.54) is 29.6 Å². The number of piperazine rings is 1. The molecule has 0 bridgehead atoms. The maximum Gasteiger partial charge on any atom is 0.244 e. The number of hydrogen-bond acceptors (Lipinski definition) is 4. The Kier molecular flexibility index (Phi) is 5.22. The maximum atomic E-state index is 13.2. The number of aryl methyl sites for hydroxylation is 1. The molecule has 3 rings (SSSR count). The Labute approximate surface area is 157 Å². The normalized spacial score (nSPS) is 18.4. The van der Waals surface area contributed by atoms with E-state index in [0.717, 1.165) is 5.56 Å². The second-order valence-corrected chi connectivity index (χ2v) is 8.31. The minimum absolute atomic E-state index is 0.0233. The van der Waals surface area contributed by atoms with Crippen molar-refractivity contribution in [3.8, 4) is 5.75 Å². The van der Waals surface area contributed by atoms with E-state index in [1.807, 2.05) is 19.1 Å². The summed E-state index contributed by atoms with van der Waals surface area (Å²) in [5, 5.41) is 2.93. The lowest BCUT2D eigenvalue weighted by Crippen LogP contribution is -2.52. The molecule has 0 radical (unpaired) electrons. The van der Waals surface area contributed by atoms with Crippen LogP contribution in [0.5, 0.6) is 5.75 Å². The van der Waals surface area contributed by atoms with Gasteiger partial charge in [-0.3, -0.25) is 4.79 Å². The van der Waals surface area contributed by atoms with Gasteiger partial charge >= 0.3 is 0 Å². The van der Waals surface area contributed by atoms with Crippen LogP contribution >= 0.6 is 11.6 Å². The summed E-state index contributed by atoms with van der Waals surface area (Å²) in [4.78, 5) is 12.5. The largest absolute Gasteiger partial charge is 0.495 e. The first-order valence-corrected chi connectivity index (χ1v) is 9.86. The van der Waals surface area contributed by atoms with E-state index in [0.29, 0.717) is 11.3 Å². The molecule has 1 amide bonds. The summed E-state index contributed by atoms with van der Waals surface area (Å²) in [7, 11) is -2.46. The van der Waals surface area contributed by atoms with E-state index >= 15 is 0 Å². The molecule has 2 aromatic rings. The Morgan fingerprint density at radius 1 is 1.19 bits per heavy atom. The van der Waals surface area contributed by atoms with Crippen molar-refractivity contribution in [2.24, 2.45) is 0 Å². The van der Waals surface area contributed by atoms with Gasteiger partial charge in [0, 0.05) is 13.1 Å². The highest BCUT2D eigenvalue weighted by Gasteiger charge is 2.39. The van der Waals surface area contributed by atoms with Crippen LogP contribution in [-0.2, 0) is 14.8 Å². The molecule has 0 saturated carbocycles. The van der Waals surface area contributed by atoms with Gasteiger partial charge in [-0.15, -0.1) is 0 Å². The van der Waals surface area contributed by atoms with Crippen LogP contribution in [0.2, 0.25) is 5.02 Å². The summed E-state index contributed by atoms with van der Waals surface area (Å²) in [6.07, 6.45) is 0. The first kappa shape index (κ1) is 18.7. The third-order valence-corrected chi connectivity index (χ3v) is 6.45. The smallest absolute Gasteiger partial charge is 0.244 e. The summed E-state index contributed by atoms with van der Waals surface area (Å²) < 4.78 is 32.7. The maximum absolute atomic E-state index is 13.2. The predicted octanol–water partition coefficient (Wildman–Crippen LogP) is 2.52. The molecule has 1 aliphatic heterocycles. The number of halogens is 1. The number of amides is 1. The van der Waals surface area contributed by atoms with Gasteiger partial charge in [0.2, 0.25) is 15.9 Å². The molecule has 1 aliphatic rings. The van der Waals surface area contributed by atoms with Crippen molar-refractivity contribution in [3.05, 3.63) is 58.6 Å². The summed E-state index contributed by atoms with van der Waals surface area (Å²) >= 11 is 6.09. The second kappa shape index (κ2) is 7.26. The molecular formula is C18H19ClN2O4S. The Morgan fingerprint density at radius 2 is 1.88 bits per heavy atom. The lowest BCUT2D eigenvalue weighted by molar-refractivity contribution is -0.126. The number of hydrogen-bond donors (Lipinski definition) is 1. The Balaban J connectivity index is 2.04. The topological polar surface area (TPSA) is 75.7 Å². The third-order valence-electron chi connectivity index (χ3n) is 4.29. The molecular weight excluding hydrogens is 376 g/mol. The Bertz CT molecular complexity index is 929. The quantitative estimate of drug-likeness (QED) is 0.864. The summed E-state index contributed by atoms with van der Waals surface area (Å²) in [6.45, 7) is 2.36. The molecule has 1 heterocycles. The zero-order chi connectivity index (χ0) is 18.9. The van der Waals surface area contributed by atoms with Gasteiger partial charge in [-0.1, -0.05) is 41.4 Å². The molecule has 6 nitrogen and oxygen atoms in total. The molecule has 1 saturated heterocycles. The van der Waals surface area contributed by atoms with Gasteiger partial charge in [0.05, 0.1) is 17.0 Å². The van der Waals surface area contributed by atoms with Gasteiger partial charge in [-0.05, 0) is 30.7 Å². The van der Waals surface area contributed by atoms with E-state index in [2.05, 4.69) is 5.32 Å². The van der Waals surface area contributed by atoms with Gasteiger partial charge in [-0.25, -0.2) is 8.42 Å². The first-order chi connectivity index (χ1) is 12.3. The average molecular weight is 395 g/mol. The van der Waals surface area contributed by atoms with Gasteiger partial charge in [0.15, 0.2) is 0 Å². The van der Waals surface area contributed by atoms with Crippen LogP contribution in [-0.4, -0.2) is 38.8 Å². The number of sulfonamides is 1. The van der Waals surface area contributed by atoms with Crippen molar-refractivity contribution in [3.63, 3.8) is 0 Å². The highest BCUT2D eigenvalue weighted by Crippen LogP contribution is 2.33. The minimum Gasteiger partial charge on any atom is -0.495 e. The minimum atomic E-state index is -3.92. The molecule has 1 unspecified atom stereocenters. The number of carbonyl (C=O) groups is 1. The van der Waals surface area contributed by atoms with Gasteiger partial charge in [0.1, 0.15) is 11.8 Å². The van der Waals surface area contributed by atoms with Crippen LogP contribution < -0.4 is 10.1 Å². The number of nitrogens with zero attached hydrogens (tertiary/aromatic N) is 1. The van der Waals surface area contributed by atoms with Crippen molar-refractivity contribution in [2.45, 2.75) is 17.9 Å². The van der Waals surface area contributed by atoms with Crippen LogP contribution in [0.4, 0.5) is 0 Å². The van der Waals surface area contributed by atoms with Crippen molar-refractivity contribution in [1.82, 2.24) is 9.62 Å². The standard InChI is InChI=1S/C18H19ClN2O4S/c1-12-3-5-13(6-4-12)17-18(22)20-9-10-21(17)26(23,24)14-7-8-16(25-2)15(19)11-14/h3-8,11,17H,9-10H2,1-2H3,(H,20,22). The lowest BCUT2D eigenvalue weighted by atomic mass is 10.0. The van der Waals surface area contributed by atoms with Gasteiger partial charge < -0.3 is 10.1 Å². The fourth-order valence-corrected chi connectivity index (χ4v) is 4.84. The van der Waals surface area contributed by atoms with Crippen LogP contribution in [0.1, 0.15) is 17.2 Å². The number of carbonyl (C=O) groups excluding carboxylic acids is 1. The van der Waals surface area contributed by atoms with Crippen LogP contribution in [0.25, 0.3) is 0 Å². The van der Waals surface area contributed by atoms with E-state index in [-0.39, 0.29) is 28.9 Å².